The third-order valence-corrected chi connectivity index (χ3v) is 2.46. The number of halogens is 2. The zero-order valence-corrected chi connectivity index (χ0v) is 10.1. The summed E-state index contributed by atoms with van der Waals surface area (Å²) in [4.78, 5) is 13.0. The van der Waals surface area contributed by atoms with E-state index in [1.165, 1.54) is 4.90 Å². The lowest BCUT2D eigenvalue weighted by Crippen LogP contribution is -2.36. The molecule has 0 saturated carbocycles. The van der Waals surface area contributed by atoms with Crippen molar-refractivity contribution in [3.8, 4) is 0 Å². The second-order valence-electron chi connectivity index (χ2n) is 4.05. The lowest BCUT2D eigenvalue weighted by Gasteiger charge is -2.19. The zero-order valence-electron chi connectivity index (χ0n) is 10.1. The molecule has 0 aliphatic carbocycles. The molecular weight excluding hydrogens is 240 g/mol. The van der Waals surface area contributed by atoms with Crippen LogP contribution in [0.4, 0.5) is 8.78 Å². The molecule has 0 heterocycles. The van der Waals surface area contributed by atoms with Crippen LogP contribution in [0.1, 0.15) is 5.56 Å². The van der Waals surface area contributed by atoms with Crippen molar-refractivity contribution in [3.63, 3.8) is 0 Å². The average Bonchev–Trinajstić information content (AvgIpc) is 2.29. The van der Waals surface area contributed by atoms with Crippen LogP contribution in [0, 0.1) is 0 Å². The maximum Gasteiger partial charge on any atom is 0.251 e. The molecule has 18 heavy (non-hydrogen) atoms. The molecule has 0 atom stereocenters. The summed E-state index contributed by atoms with van der Waals surface area (Å²) in [6, 6.07) is 9.14. The van der Waals surface area contributed by atoms with Crippen molar-refractivity contribution in [3.05, 3.63) is 35.9 Å². The van der Waals surface area contributed by atoms with Gasteiger partial charge in [-0.25, -0.2) is 8.78 Å². The van der Waals surface area contributed by atoms with Crippen LogP contribution in [0.2, 0.25) is 0 Å². The summed E-state index contributed by atoms with van der Waals surface area (Å²) in [5.74, 6) is -0.129. The summed E-state index contributed by atoms with van der Waals surface area (Å²) >= 11 is 0. The van der Waals surface area contributed by atoms with Gasteiger partial charge in [0.2, 0.25) is 0 Å². The van der Waals surface area contributed by atoms with Crippen LogP contribution < -0.4 is 0 Å². The van der Waals surface area contributed by atoms with Gasteiger partial charge in [-0.1, -0.05) is 30.3 Å². The van der Waals surface area contributed by atoms with Gasteiger partial charge in [0.25, 0.3) is 6.43 Å². The lowest BCUT2D eigenvalue weighted by molar-refractivity contribution is -0.120. The van der Waals surface area contributed by atoms with Crippen molar-refractivity contribution < 1.29 is 18.7 Å². The predicted molar refractivity (Wildman–Crippen MR) is 64.7 cm³/mol. The number of benzene rings is 1. The van der Waals surface area contributed by atoms with Gasteiger partial charge in [0, 0.05) is 13.0 Å². The molecular formula is C13H17F2NO2. The van der Waals surface area contributed by atoms with Gasteiger partial charge in [0.1, 0.15) is 0 Å². The summed E-state index contributed by atoms with van der Waals surface area (Å²) in [6.45, 7) is -0.683. The Hall–Kier alpha value is -1.33. The molecule has 0 aliphatic rings. The fourth-order valence-corrected chi connectivity index (χ4v) is 1.70. The standard InChI is InChI=1S/C13H17F2NO2/c14-13(15)10-16(6-7-17)9-12(18)8-11-4-2-1-3-5-11/h1-5,13,17H,6-10H2. The number of Topliss-reactive ketones (excluding diaryl/α,β-unsaturated/α-hetero) is 1. The number of hydrogen-bond acceptors (Lipinski definition) is 3. The second kappa shape index (κ2) is 7.89. The zero-order chi connectivity index (χ0) is 13.4. The number of ketones is 1. The molecule has 1 N–H and O–H groups in total. The molecule has 0 unspecified atom stereocenters. The number of hydrogen-bond donors (Lipinski definition) is 1. The van der Waals surface area contributed by atoms with Crippen LogP contribution in [0.25, 0.3) is 0 Å². The van der Waals surface area contributed by atoms with E-state index in [-0.39, 0.29) is 31.9 Å². The molecule has 0 aromatic heterocycles. The highest BCUT2D eigenvalue weighted by atomic mass is 19.3. The van der Waals surface area contributed by atoms with Gasteiger partial charge < -0.3 is 5.11 Å². The third-order valence-electron chi connectivity index (χ3n) is 2.46. The van der Waals surface area contributed by atoms with E-state index in [0.29, 0.717) is 0 Å². The lowest BCUT2D eigenvalue weighted by atomic mass is 10.1. The second-order valence-corrected chi connectivity index (χ2v) is 4.05. The number of carbonyl (C=O) groups excluding carboxylic acids is 1. The highest BCUT2D eigenvalue weighted by molar-refractivity contribution is 5.82. The summed E-state index contributed by atoms with van der Waals surface area (Å²) in [5.41, 5.74) is 0.864. The molecule has 100 valence electrons. The minimum absolute atomic E-state index is 0.0558. The number of carbonyl (C=O) groups is 1. The van der Waals surface area contributed by atoms with Crippen molar-refractivity contribution in [2.75, 3.05) is 26.2 Å². The highest BCUT2D eigenvalue weighted by Crippen LogP contribution is 2.03. The molecule has 0 spiro atoms. The minimum atomic E-state index is -2.50. The quantitative estimate of drug-likeness (QED) is 0.764. The first-order valence-electron chi connectivity index (χ1n) is 5.79. The number of rotatable bonds is 8. The van der Waals surface area contributed by atoms with E-state index in [9.17, 15) is 13.6 Å². The van der Waals surface area contributed by atoms with Crippen molar-refractivity contribution in [1.29, 1.82) is 0 Å². The van der Waals surface area contributed by atoms with Gasteiger partial charge in [0.05, 0.1) is 19.7 Å². The fraction of sp³-hybridized carbons (Fsp3) is 0.462. The number of nitrogens with zero attached hydrogens (tertiary/aromatic N) is 1. The maximum atomic E-state index is 12.3. The molecule has 0 radical (unpaired) electrons. The number of aliphatic hydroxyl groups is 1. The van der Waals surface area contributed by atoms with E-state index in [1.807, 2.05) is 30.3 Å². The number of alkyl halides is 2. The average molecular weight is 257 g/mol. The fourth-order valence-electron chi connectivity index (χ4n) is 1.70. The Morgan fingerprint density at radius 2 is 1.94 bits per heavy atom. The van der Waals surface area contributed by atoms with Gasteiger partial charge in [0.15, 0.2) is 5.78 Å². The molecule has 0 bridgehead atoms. The number of aliphatic hydroxyl groups excluding tert-OH is 1. The Bertz CT molecular complexity index is 357. The van der Waals surface area contributed by atoms with Crippen molar-refractivity contribution in [2.45, 2.75) is 12.8 Å². The van der Waals surface area contributed by atoms with Gasteiger partial charge in [-0.05, 0) is 5.56 Å². The van der Waals surface area contributed by atoms with Gasteiger partial charge in [-0.3, -0.25) is 9.69 Å². The van der Waals surface area contributed by atoms with E-state index in [4.69, 9.17) is 5.11 Å². The minimum Gasteiger partial charge on any atom is -0.395 e. The third kappa shape index (κ3) is 5.84. The Labute approximate surface area is 105 Å². The topological polar surface area (TPSA) is 40.5 Å². The van der Waals surface area contributed by atoms with Crippen LogP contribution in [0.15, 0.2) is 30.3 Å². The summed E-state index contributed by atoms with van der Waals surface area (Å²) in [7, 11) is 0. The Balaban J connectivity index is 2.45. The monoisotopic (exact) mass is 257 g/mol. The maximum absolute atomic E-state index is 12.3. The van der Waals surface area contributed by atoms with Crippen LogP contribution in [0.5, 0.6) is 0 Å². The van der Waals surface area contributed by atoms with E-state index in [2.05, 4.69) is 0 Å². The van der Waals surface area contributed by atoms with E-state index in [1.54, 1.807) is 0 Å². The van der Waals surface area contributed by atoms with E-state index in [0.717, 1.165) is 5.56 Å². The Morgan fingerprint density at radius 3 is 2.50 bits per heavy atom. The molecule has 3 nitrogen and oxygen atoms in total. The Kier molecular flexibility index (Phi) is 6.46. The SMILES string of the molecule is O=C(Cc1ccccc1)CN(CCO)CC(F)F. The molecule has 5 heteroatoms. The van der Waals surface area contributed by atoms with Crippen LogP contribution in [-0.4, -0.2) is 48.5 Å². The van der Waals surface area contributed by atoms with Crippen LogP contribution >= 0.6 is 0 Å². The van der Waals surface area contributed by atoms with Crippen molar-refractivity contribution >= 4 is 5.78 Å². The van der Waals surface area contributed by atoms with Gasteiger partial charge >= 0.3 is 0 Å². The van der Waals surface area contributed by atoms with Crippen LogP contribution in [0.3, 0.4) is 0 Å². The van der Waals surface area contributed by atoms with Gasteiger partial charge in [-0.2, -0.15) is 0 Å². The largest absolute Gasteiger partial charge is 0.395 e. The Morgan fingerprint density at radius 1 is 1.28 bits per heavy atom. The van der Waals surface area contributed by atoms with Crippen molar-refractivity contribution in [1.82, 2.24) is 4.90 Å². The summed E-state index contributed by atoms with van der Waals surface area (Å²) in [5, 5.41) is 8.75. The molecule has 0 fully saturated rings. The van der Waals surface area contributed by atoms with Gasteiger partial charge in [-0.15, -0.1) is 0 Å². The summed E-state index contributed by atoms with van der Waals surface area (Å²) < 4.78 is 24.5. The first-order chi connectivity index (χ1) is 8.61. The molecule has 1 rings (SSSR count). The van der Waals surface area contributed by atoms with E-state index >= 15 is 0 Å². The smallest absolute Gasteiger partial charge is 0.251 e. The predicted octanol–water partition coefficient (Wildman–Crippen LogP) is 1.36. The van der Waals surface area contributed by atoms with Crippen molar-refractivity contribution in [2.24, 2.45) is 0 Å². The van der Waals surface area contributed by atoms with Crippen LogP contribution in [-0.2, 0) is 11.2 Å². The molecule has 0 saturated heterocycles. The molecule has 0 aliphatic heterocycles. The van der Waals surface area contributed by atoms with E-state index < -0.39 is 13.0 Å². The molecule has 1 aromatic carbocycles. The molecule has 0 amide bonds. The molecule has 1 aromatic rings. The summed E-state index contributed by atoms with van der Waals surface area (Å²) in [6.07, 6.45) is -2.27. The first kappa shape index (κ1) is 14.7. The first-order valence-corrected chi connectivity index (χ1v) is 5.79. The highest BCUT2D eigenvalue weighted by Gasteiger charge is 2.15. The normalized spacial score (nSPS) is 11.2.